The van der Waals surface area contributed by atoms with Gasteiger partial charge in [0.1, 0.15) is 4.99 Å². The minimum atomic E-state index is 0.840. The van der Waals surface area contributed by atoms with E-state index in [1.165, 1.54) is 5.39 Å². The lowest BCUT2D eigenvalue weighted by atomic mass is 10.2. The summed E-state index contributed by atoms with van der Waals surface area (Å²) in [6.07, 6.45) is 2.03. The topological polar surface area (TPSA) is 4.93 Å². The molecule has 0 aliphatic rings. The summed E-state index contributed by atoms with van der Waals surface area (Å²) in [7, 11) is 0. The van der Waals surface area contributed by atoms with E-state index in [-0.39, 0.29) is 0 Å². The van der Waals surface area contributed by atoms with Gasteiger partial charge in [0.25, 0.3) is 0 Å². The smallest absolute Gasteiger partial charge is 0.117 e. The van der Waals surface area contributed by atoms with Gasteiger partial charge in [0, 0.05) is 11.8 Å². The van der Waals surface area contributed by atoms with Crippen molar-refractivity contribution in [3.8, 4) is 0 Å². The van der Waals surface area contributed by atoms with Crippen LogP contribution in [0.25, 0.3) is 10.9 Å². The molecule has 3 aromatic rings. The average Bonchev–Trinajstić information content (AvgIpc) is 2.83. The van der Waals surface area contributed by atoms with E-state index >= 15 is 0 Å². The molecule has 1 heterocycles. The molecule has 1 nitrogen and oxygen atoms in total. The first-order chi connectivity index (χ1) is 8.36. The van der Waals surface area contributed by atoms with Gasteiger partial charge in [-0.15, -0.1) is 0 Å². The van der Waals surface area contributed by atoms with Crippen LogP contribution in [0.2, 0.25) is 0 Å². The normalized spacial score (nSPS) is 10.6. The highest BCUT2D eigenvalue weighted by atomic mass is 32.1. The van der Waals surface area contributed by atoms with Gasteiger partial charge in [-0.25, -0.2) is 0 Å². The molecule has 3 rings (SSSR count). The average molecular weight is 237 g/mol. The first-order valence-corrected chi connectivity index (χ1v) is 5.93. The Hall–Kier alpha value is -1.93. The Labute approximate surface area is 105 Å². The summed E-state index contributed by atoms with van der Waals surface area (Å²) in [5.74, 6) is 0. The molecule has 0 unspecified atom stereocenters. The number of fused-ring (bicyclic) bond motifs is 1. The van der Waals surface area contributed by atoms with Crippen LogP contribution in [0.15, 0.2) is 66.9 Å². The molecule has 2 heteroatoms. The number of hydrogen-bond acceptors (Lipinski definition) is 1. The molecule has 0 bridgehead atoms. The second-order valence-electron chi connectivity index (χ2n) is 3.92. The Kier molecular flexibility index (Phi) is 2.50. The molecule has 0 atom stereocenters. The lowest BCUT2D eigenvalue weighted by Crippen LogP contribution is -2.08. The minimum Gasteiger partial charge on any atom is -0.307 e. The SMILES string of the molecule is S=C(c1ccccc1)n1ccc2ccccc21. The van der Waals surface area contributed by atoms with E-state index in [1.54, 1.807) is 0 Å². The number of hydrogen-bond donors (Lipinski definition) is 0. The summed E-state index contributed by atoms with van der Waals surface area (Å²) in [5, 5.41) is 1.21. The molecule has 82 valence electrons. The Morgan fingerprint density at radius 3 is 2.35 bits per heavy atom. The van der Waals surface area contributed by atoms with Gasteiger partial charge in [-0.1, -0.05) is 60.7 Å². The van der Waals surface area contributed by atoms with E-state index in [4.69, 9.17) is 12.2 Å². The first-order valence-electron chi connectivity index (χ1n) is 5.52. The fourth-order valence-corrected chi connectivity index (χ4v) is 2.28. The standard InChI is InChI=1S/C15H11NS/c17-15(13-7-2-1-3-8-13)16-11-10-12-6-4-5-9-14(12)16/h1-11H. The Bertz CT molecular complexity index is 667. The summed E-state index contributed by atoms with van der Waals surface area (Å²) in [5.41, 5.74) is 2.23. The van der Waals surface area contributed by atoms with E-state index in [0.717, 1.165) is 16.1 Å². The van der Waals surface area contributed by atoms with Gasteiger partial charge >= 0.3 is 0 Å². The molecule has 0 spiro atoms. The highest BCUT2D eigenvalue weighted by molar-refractivity contribution is 7.80. The molecule has 0 N–H and O–H groups in total. The molecule has 0 aliphatic heterocycles. The van der Waals surface area contributed by atoms with Crippen molar-refractivity contribution in [3.05, 3.63) is 72.4 Å². The van der Waals surface area contributed by atoms with E-state index in [0.29, 0.717) is 0 Å². The second-order valence-corrected chi connectivity index (χ2v) is 4.30. The summed E-state index contributed by atoms with van der Waals surface area (Å²) in [6, 6.07) is 20.4. The number of rotatable bonds is 1. The lowest BCUT2D eigenvalue weighted by molar-refractivity contribution is 1.25. The van der Waals surface area contributed by atoms with Crippen LogP contribution in [0, 0.1) is 0 Å². The predicted molar refractivity (Wildman–Crippen MR) is 75.5 cm³/mol. The van der Waals surface area contributed by atoms with Crippen LogP contribution in [0.5, 0.6) is 0 Å². The molecule has 0 amide bonds. The van der Waals surface area contributed by atoms with E-state index in [9.17, 15) is 0 Å². The van der Waals surface area contributed by atoms with Crippen LogP contribution in [-0.4, -0.2) is 9.56 Å². The Morgan fingerprint density at radius 2 is 1.53 bits per heavy atom. The zero-order valence-electron chi connectivity index (χ0n) is 9.21. The molecular weight excluding hydrogens is 226 g/mol. The van der Waals surface area contributed by atoms with Crippen LogP contribution < -0.4 is 0 Å². The molecule has 0 fully saturated rings. The molecule has 0 aliphatic carbocycles. The molecule has 17 heavy (non-hydrogen) atoms. The number of nitrogens with zero attached hydrogens (tertiary/aromatic N) is 1. The van der Waals surface area contributed by atoms with Crippen molar-refractivity contribution in [1.29, 1.82) is 0 Å². The highest BCUT2D eigenvalue weighted by Crippen LogP contribution is 2.17. The van der Waals surface area contributed by atoms with Crippen molar-refractivity contribution in [2.24, 2.45) is 0 Å². The number of thiocarbonyl (C=S) groups is 1. The van der Waals surface area contributed by atoms with Gasteiger partial charge in [0.05, 0.1) is 5.52 Å². The van der Waals surface area contributed by atoms with Gasteiger partial charge < -0.3 is 4.57 Å². The lowest BCUT2D eigenvalue weighted by Gasteiger charge is -2.07. The van der Waals surface area contributed by atoms with Gasteiger partial charge in [-0.3, -0.25) is 0 Å². The first kappa shape index (κ1) is 10.2. The maximum atomic E-state index is 5.53. The third-order valence-electron chi connectivity index (χ3n) is 2.84. The highest BCUT2D eigenvalue weighted by Gasteiger charge is 2.06. The summed E-state index contributed by atoms with van der Waals surface area (Å²) in [4.78, 5) is 0.840. The van der Waals surface area contributed by atoms with Crippen molar-refractivity contribution in [1.82, 2.24) is 4.57 Å². The van der Waals surface area contributed by atoms with E-state index in [1.807, 2.05) is 48.7 Å². The van der Waals surface area contributed by atoms with E-state index in [2.05, 4.69) is 22.8 Å². The zero-order valence-corrected chi connectivity index (χ0v) is 10.0. The fraction of sp³-hybridized carbons (Fsp3) is 0. The number of aromatic nitrogens is 1. The van der Waals surface area contributed by atoms with Crippen LogP contribution in [0.1, 0.15) is 5.56 Å². The third kappa shape index (κ3) is 1.77. The van der Waals surface area contributed by atoms with Crippen LogP contribution in [0.3, 0.4) is 0 Å². The second kappa shape index (κ2) is 4.15. The maximum absolute atomic E-state index is 5.53. The van der Waals surface area contributed by atoms with Crippen molar-refractivity contribution < 1.29 is 0 Å². The largest absolute Gasteiger partial charge is 0.307 e. The van der Waals surface area contributed by atoms with Crippen molar-refractivity contribution in [3.63, 3.8) is 0 Å². The number of para-hydroxylation sites is 1. The summed E-state index contributed by atoms with van der Waals surface area (Å²) < 4.78 is 2.06. The fourth-order valence-electron chi connectivity index (χ4n) is 1.98. The quantitative estimate of drug-likeness (QED) is 0.582. The molecule has 0 radical (unpaired) electrons. The van der Waals surface area contributed by atoms with Gasteiger partial charge in [0.15, 0.2) is 0 Å². The van der Waals surface area contributed by atoms with E-state index < -0.39 is 0 Å². The Morgan fingerprint density at radius 1 is 0.824 bits per heavy atom. The predicted octanol–water partition coefficient (Wildman–Crippen LogP) is 3.87. The van der Waals surface area contributed by atoms with Crippen molar-refractivity contribution in [2.45, 2.75) is 0 Å². The van der Waals surface area contributed by atoms with Crippen LogP contribution >= 0.6 is 12.2 Å². The summed E-state index contributed by atoms with van der Waals surface area (Å²) >= 11 is 5.53. The zero-order chi connectivity index (χ0) is 11.7. The van der Waals surface area contributed by atoms with Gasteiger partial charge in [-0.05, 0) is 17.5 Å². The van der Waals surface area contributed by atoms with Crippen molar-refractivity contribution in [2.75, 3.05) is 0 Å². The van der Waals surface area contributed by atoms with Gasteiger partial charge in [-0.2, -0.15) is 0 Å². The minimum absolute atomic E-state index is 0.840. The van der Waals surface area contributed by atoms with Crippen molar-refractivity contribution >= 4 is 28.1 Å². The van der Waals surface area contributed by atoms with Crippen LogP contribution in [-0.2, 0) is 0 Å². The summed E-state index contributed by atoms with van der Waals surface area (Å²) in [6.45, 7) is 0. The van der Waals surface area contributed by atoms with Crippen LogP contribution in [0.4, 0.5) is 0 Å². The molecule has 0 saturated heterocycles. The third-order valence-corrected chi connectivity index (χ3v) is 3.27. The maximum Gasteiger partial charge on any atom is 0.117 e. The molecule has 1 aromatic heterocycles. The molecule has 0 saturated carbocycles. The molecule has 2 aromatic carbocycles. The number of benzene rings is 2. The molecular formula is C15H11NS. The Balaban J connectivity index is 2.14. The monoisotopic (exact) mass is 237 g/mol. The van der Waals surface area contributed by atoms with Gasteiger partial charge in [0.2, 0.25) is 0 Å².